The Bertz CT molecular complexity index is 412. The first-order chi connectivity index (χ1) is 8.56. The van der Waals surface area contributed by atoms with E-state index in [1.807, 2.05) is 6.92 Å². The van der Waals surface area contributed by atoms with E-state index in [1.54, 1.807) is 0 Å². The first-order valence-electron chi connectivity index (χ1n) is 5.82. The number of halogens is 1. The normalized spacial score (nSPS) is 12.4. The van der Waals surface area contributed by atoms with Crippen molar-refractivity contribution in [3.63, 3.8) is 0 Å². The molecule has 0 bridgehead atoms. The Kier molecular flexibility index (Phi) is 5.67. The van der Waals surface area contributed by atoms with Gasteiger partial charge in [-0.25, -0.2) is 0 Å². The lowest BCUT2D eigenvalue weighted by Crippen LogP contribution is -2.26. The standard InChI is InChI=1S/C12H17FN2O3/c1-9(4-3-7-16)14-8-10-5-2-6-11(12(10)13)15(17)18/h2,5-6,9,14,16H,3-4,7-8H2,1H3. The van der Waals surface area contributed by atoms with Gasteiger partial charge in [-0.15, -0.1) is 0 Å². The van der Waals surface area contributed by atoms with Gasteiger partial charge in [0, 0.05) is 30.8 Å². The molecular weight excluding hydrogens is 239 g/mol. The van der Waals surface area contributed by atoms with Crippen molar-refractivity contribution in [3.8, 4) is 0 Å². The van der Waals surface area contributed by atoms with Crippen molar-refractivity contribution in [2.24, 2.45) is 0 Å². The third-order valence-electron chi connectivity index (χ3n) is 2.69. The van der Waals surface area contributed by atoms with E-state index >= 15 is 0 Å². The largest absolute Gasteiger partial charge is 0.396 e. The maximum absolute atomic E-state index is 13.7. The van der Waals surface area contributed by atoms with Crippen LogP contribution in [0.15, 0.2) is 18.2 Å². The van der Waals surface area contributed by atoms with Gasteiger partial charge in [-0.2, -0.15) is 4.39 Å². The number of nitro benzene ring substituents is 1. The van der Waals surface area contributed by atoms with Crippen LogP contribution in [0.5, 0.6) is 0 Å². The SMILES string of the molecule is CC(CCCO)NCc1cccc([N+](=O)[O-])c1F. The molecule has 0 saturated heterocycles. The van der Waals surface area contributed by atoms with Crippen LogP contribution in [0.4, 0.5) is 10.1 Å². The van der Waals surface area contributed by atoms with Gasteiger partial charge in [0.1, 0.15) is 0 Å². The fourth-order valence-electron chi connectivity index (χ4n) is 1.63. The molecule has 0 radical (unpaired) electrons. The molecule has 0 heterocycles. The maximum atomic E-state index is 13.7. The van der Waals surface area contributed by atoms with Crippen LogP contribution in [0.2, 0.25) is 0 Å². The molecule has 0 amide bonds. The van der Waals surface area contributed by atoms with E-state index in [0.29, 0.717) is 6.42 Å². The third-order valence-corrected chi connectivity index (χ3v) is 2.69. The fourth-order valence-corrected chi connectivity index (χ4v) is 1.63. The Balaban J connectivity index is 2.62. The van der Waals surface area contributed by atoms with E-state index in [2.05, 4.69) is 5.32 Å². The smallest absolute Gasteiger partial charge is 0.305 e. The maximum Gasteiger partial charge on any atom is 0.305 e. The van der Waals surface area contributed by atoms with Crippen molar-refractivity contribution >= 4 is 5.69 Å². The average Bonchev–Trinajstić information content (AvgIpc) is 2.34. The van der Waals surface area contributed by atoms with Crippen LogP contribution in [0, 0.1) is 15.9 Å². The van der Waals surface area contributed by atoms with E-state index in [1.165, 1.54) is 12.1 Å². The molecule has 100 valence electrons. The zero-order valence-electron chi connectivity index (χ0n) is 10.2. The monoisotopic (exact) mass is 256 g/mol. The molecule has 2 N–H and O–H groups in total. The average molecular weight is 256 g/mol. The number of nitrogens with zero attached hydrogens (tertiary/aromatic N) is 1. The molecule has 6 heteroatoms. The Hall–Kier alpha value is -1.53. The van der Waals surface area contributed by atoms with Gasteiger partial charge >= 0.3 is 5.69 Å². The zero-order valence-corrected chi connectivity index (χ0v) is 10.2. The second-order valence-corrected chi connectivity index (χ2v) is 4.16. The molecule has 0 aromatic heterocycles. The van der Waals surface area contributed by atoms with Crippen molar-refractivity contribution in [1.29, 1.82) is 0 Å². The highest BCUT2D eigenvalue weighted by Crippen LogP contribution is 2.20. The lowest BCUT2D eigenvalue weighted by molar-refractivity contribution is -0.387. The summed E-state index contributed by atoms with van der Waals surface area (Å²) in [5.41, 5.74) is -0.225. The van der Waals surface area contributed by atoms with E-state index in [-0.39, 0.29) is 24.8 Å². The minimum absolute atomic E-state index is 0.121. The molecular formula is C12H17FN2O3. The van der Waals surface area contributed by atoms with Crippen molar-refractivity contribution in [2.45, 2.75) is 32.4 Å². The van der Waals surface area contributed by atoms with Gasteiger partial charge in [0.05, 0.1) is 4.92 Å². The van der Waals surface area contributed by atoms with E-state index in [9.17, 15) is 14.5 Å². The molecule has 1 atom stereocenters. The summed E-state index contributed by atoms with van der Waals surface area (Å²) < 4.78 is 13.7. The number of aliphatic hydroxyl groups excluding tert-OH is 1. The number of rotatable bonds is 7. The molecule has 1 rings (SSSR count). The van der Waals surface area contributed by atoms with Crippen LogP contribution < -0.4 is 5.32 Å². The number of aliphatic hydroxyl groups is 1. The first kappa shape index (κ1) is 14.5. The molecule has 5 nitrogen and oxygen atoms in total. The van der Waals surface area contributed by atoms with E-state index in [4.69, 9.17) is 5.11 Å². The van der Waals surface area contributed by atoms with E-state index < -0.39 is 16.4 Å². The Morgan fingerprint density at radius 1 is 1.56 bits per heavy atom. The molecule has 0 aliphatic rings. The number of nitro groups is 1. The van der Waals surface area contributed by atoms with Crippen molar-refractivity contribution in [3.05, 3.63) is 39.7 Å². The summed E-state index contributed by atoms with van der Waals surface area (Å²) in [5, 5.41) is 22.3. The minimum atomic E-state index is -0.788. The molecule has 0 saturated carbocycles. The second-order valence-electron chi connectivity index (χ2n) is 4.16. The van der Waals surface area contributed by atoms with Gasteiger partial charge in [0.15, 0.2) is 0 Å². The number of benzene rings is 1. The minimum Gasteiger partial charge on any atom is -0.396 e. The molecule has 0 spiro atoms. The van der Waals surface area contributed by atoms with Crippen LogP contribution in [-0.4, -0.2) is 22.7 Å². The highest BCUT2D eigenvalue weighted by Gasteiger charge is 2.17. The highest BCUT2D eigenvalue weighted by molar-refractivity contribution is 5.36. The van der Waals surface area contributed by atoms with Crippen LogP contribution in [-0.2, 0) is 6.54 Å². The summed E-state index contributed by atoms with van der Waals surface area (Å²) in [5.74, 6) is -0.788. The molecule has 0 aliphatic heterocycles. The Morgan fingerprint density at radius 3 is 2.89 bits per heavy atom. The molecule has 1 unspecified atom stereocenters. The predicted molar refractivity (Wildman–Crippen MR) is 65.7 cm³/mol. The Morgan fingerprint density at radius 2 is 2.28 bits per heavy atom. The number of hydrogen-bond acceptors (Lipinski definition) is 4. The second kappa shape index (κ2) is 7.03. The van der Waals surface area contributed by atoms with Gasteiger partial charge in [-0.1, -0.05) is 12.1 Å². The summed E-state index contributed by atoms with van der Waals surface area (Å²) >= 11 is 0. The van der Waals surface area contributed by atoms with Gasteiger partial charge in [0.25, 0.3) is 0 Å². The molecule has 18 heavy (non-hydrogen) atoms. The van der Waals surface area contributed by atoms with Gasteiger partial charge in [-0.3, -0.25) is 10.1 Å². The summed E-state index contributed by atoms with van der Waals surface area (Å²) in [6, 6.07) is 4.26. The molecule has 0 fully saturated rings. The summed E-state index contributed by atoms with van der Waals surface area (Å²) in [6.45, 7) is 2.28. The molecule has 1 aromatic carbocycles. The summed E-state index contributed by atoms with van der Waals surface area (Å²) in [7, 11) is 0. The van der Waals surface area contributed by atoms with Crippen LogP contribution >= 0.6 is 0 Å². The third kappa shape index (κ3) is 4.05. The number of hydrogen-bond donors (Lipinski definition) is 2. The zero-order chi connectivity index (χ0) is 13.5. The van der Waals surface area contributed by atoms with Gasteiger partial charge in [-0.05, 0) is 19.8 Å². The highest BCUT2D eigenvalue weighted by atomic mass is 19.1. The van der Waals surface area contributed by atoms with Gasteiger partial charge < -0.3 is 10.4 Å². The summed E-state index contributed by atoms with van der Waals surface area (Å²) in [6.07, 6.45) is 1.44. The van der Waals surface area contributed by atoms with Crippen LogP contribution in [0.1, 0.15) is 25.3 Å². The van der Waals surface area contributed by atoms with Crippen LogP contribution in [0.25, 0.3) is 0 Å². The van der Waals surface area contributed by atoms with Crippen LogP contribution in [0.3, 0.4) is 0 Å². The predicted octanol–water partition coefficient (Wildman–Crippen LogP) is 1.98. The van der Waals surface area contributed by atoms with E-state index in [0.717, 1.165) is 12.5 Å². The Labute approximate surface area is 105 Å². The van der Waals surface area contributed by atoms with Crippen molar-refractivity contribution < 1.29 is 14.4 Å². The molecule has 0 aliphatic carbocycles. The topological polar surface area (TPSA) is 75.4 Å². The number of nitrogens with one attached hydrogen (secondary N) is 1. The van der Waals surface area contributed by atoms with Crippen molar-refractivity contribution in [1.82, 2.24) is 5.32 Å². The summed E-state index contributed by atoms with van der Waals surface area (Å²) in [4.78, 5) is 9.84. The quantitative estimate of drug-likeness (QED) is 0.578. The van der Waals surface area contributed by atoms with Gasteiger partial charge in [0.2, 0.25) is 5.82 Å². The molecule has 1 aromatic rings. The van der Waals surface area contributed by atoms with Crippen molar-refractivity contribution in [2.75, 3.05) is 6.61 Å². The lowest BCUT2D eigenvalue weighted by atomic mass is 10.1. The first-order valence-corrected chi connectivity index (χ1v) is 5.82. The fraction of sp³-hybridized carbons (Fsp3) is 0.500. The lowest BCUT2D eigenvalue weighted by Gasteiger charge is -2.13.